The predicted molar refractivity (Wildman–Crippen MR) is 59.2 cm³/mol. The first-order valence-electron chi connectivity index (χ1n) is 5.29. The second-order valence-electron chi connectivity index (χ2n) is 4.01. The van der Waals surface area contributed by atoms with Crippen LogP contribution in [-0.2, 0) is 6.42 Å². The lowest BCUT2D eigenvalue weighted by molar-refractivity contribution is 0.160. The summed E-state index contributed by atoms with van der Waals surface area (Å²) in [6.45, 7) is 2.70. The first kappa shape index (κ1) is 13.1. The van der Waals surface area contributed by atoms with E-state index in [4.69, 9.17) is 5.11 Å². The summed E-state index contributed by atoms with van der Waals surface area (Å²) >= 11 is 0. The molecule has 90 valence electrons. The molecule has 1 N–H and O–H groups in total. The molecule has 0 aliphatic carbocycles. The molecule has 1 aromatic carbocycles. The van der Waals surface area contributed by atoms with Gasteiger partial charge in [-0.25, -0.2) is 8.78 Å². The van der Waals surface area contributed by atoms with E-state index in [9.17, 15) is 8.78 Å². The molecular formula is C12H17F2NO. The van der Waals surface area contributed by atoms with Crippen molar-refractivity contribution in [1.82, 2.24) is 4.90 Å². The minimum atomic E-state index is -0.819. The zero-order valence-corrected chi connectivity index (χ0v) is 9.58. The van der Waals surface area contributed by atoms with Gasteiger partial charge in [0.2, 0.25) is 0 Å². The Hall–Kier alpha value is -1.00. The number of hydrogen-bond donors (Lipinski definition) is 1. The lowest BCUT2D eigenvalue weighted by Gasteiger charge is -2.22. The monoisotopic (exact) mass is 229 g/mol. The largest absolute Gasteiger partial charge is 0.395 e. The number of aliphatic hydroxyl groups is 1. The first-order valence-corrected chi connectivity index (χ1v) is 5.29. The van der Waals surface area contributed by atoms with Crippen molar-refractivity contribution in [1.29, 1.82) is 0 Å². The van der Waals surface area contributed by atoms with E-state index in [0.29, 0.717) is 13.0 Å². The highest BCUT2D eigenvalue weighted by molar-refractivity contribution is 5.18. The summed E-state index contributed by atoms with van der Waals surface area (Å²) in [4.78, 5) is 1.97. The fourth-order valence-corrected chi connectivity index (χ4v) is 1.36. The zero-order valence-electron chi connectivity index (χ0n) is 9.58. The SMILES string of the molecule is CC(CO)N(C)CCc1ccc(F)c(F)c1. The van der Waals surface area contributed by atoms with E-state index < -0.39 is 11.6 Å². The van der Waals surface area contributed by atoms with Crippen LogP contribution in [0.15, 0.2) is 18.2 Å². The highest BCUT2D eigenvalue weighted by Crippen LogP contribution is 2.09. The molecule has 1 aromatic rings. The van der Waals surface area contributed by atoms with Crippen molar-refractivity contribution in [2.45, 2.75) is 19.4 Å². The van der Waals surface area contributed by atoms with Gasteiger partial charge in [-0.2, -0.15) is 0 Å². The summed E-state index contributed by atoms with van der Waals surface area (Å²) in [6.07, 6.45) is 0.637. The van der Waals surface area contributed by atoms with E-state index in [1.54, 1.807) is 6.07 Å². The van der Waals surface area contributed by atoms with Crippen LogP contribution in [0, 0.1) is 11.6 Å². The smallest absolute Gasteiger partial charge is 0.159 e. The van der Waals surface area contributed by atoms with Crippen molar-refractivity contribution in [3.05, 3.63) is 35.4 Å². The van der Waals surface area contributed by atoms with Gasteiger partial charge >= 0.3 is 0 Å². The molecule has 0 fully saturated rings. The van der Waals surface area contributed by atoms with Gasteiger partial charge in [-0.3, -0.25) is 0 Å². The maximum Gasteiger partial charge on any atom is 0.159 e. The standard InChI is InChI=1S/C12H17F2NO/c1-9(8-16)15(2)6-5-10-3-4-11(13)12(14)7-10/h3-4,7,9,16H,5-6,8H2,1-2H3. The molecule has 1 rings (SSSR count). The second kappa shape index (κ2) is 5.92. The van der Waals surface area contributed by atoms with Gasteiger partial charge < -0.3 is 10.0 Å². The summed E-state index contributed by atoms with van der Waals surface area (Å²) in [5.74, 6) is -1.63. The molecule has 0 saturated heterocycles. The molecule has 4 heteroatoms. The fourth-order valence-electron chi connectivity index (χ4n) is 1.36. The Labute approximate surface area is 94.5 Å². The number of hydrogen-bond acceptors (Lipinski definition) is 2. The summed E-state index contributed by atoms with van der Waals surface area (Å²) < 4.78 is 25.6. The Balaban J connectivity index is 2.51. The van der Waals surface area contributed by atoms with E-state index in [1.165, 1.54) is 6.07 Å². The average molecular weight is 229 g/mol. The molecular weight excluding hydrogens is 212 g/mol. The van der Waals surface area contributed by atoms with Gasteiger partial charge in [-0.15, -0.1) is 0 Å². The molecule has 0 spiro atoms. The lowest BCUT2D eigenvalue weighted by Crippen LogP contribution is -2.33. The molecule has 0 aromatic heterocycles. The Morgan fingerprint density at radius 2 is 2.00 bits per heavy atom. The molecule has 0 aliphatic heterocycles. The van der Waals surface area contributed by atoms with Crippen LogP contribution >= 0.6 is 0 Å². The second-order valence-corrected chi connectivity index (χ2v) is 4.01. The Bertz CT molecular complexity index is 344. The third kappa shape index (κ3) is 3.54. The van der Waals surface area contributed by atoms with Gasteiger partial charge in [-0.1, -0.05) is 6.07 Å². The highest BCUT2D eigenvalue weighted by Gasteiger charge is 2.08. The Morgan fingerprint density at radius 3 is 2.56 bits per heavy atom. The fraction of sp³-hybridized carbons (Fsp3) is 0.500. The van der Waals surface area contributed by atoms with Crippen LogP contribution in [0.1, 0.15) is 12.5 Å². The molecule has 0 heterocycles. The van der Waals surface area contributed by atoms with Crippen LogP contribution in [0.2, 0.25) is 0 Å². The van der Waals surface area contributed by atoms with Crippen LogP contribution < -0.4 is 0 Å². The third-order valence-electron chi connectivity index (χ3n) is 2.75. The molecule has 0 bridgehead atoms. The van der Waals surface area contributed by atoms with Gasteiger partial charge in [0.15, 0.2) is 11.6 Å². The quantitative estimate of drug-likeness (QED) is 0.832. The Morgan fingerprint density at radius 1 is 1.31 bits per heavy atom. The van der Waals surface area contributed by atoms with Crippen LogP contribution in [0.25, 0.3) is 0 Å². The number of nitrogens with zero attached hydrogens (tertiary/aromatic N) is 1. The Kier molecular flexibility index (Phi) is 4.83. The molecule has 2 nitrogen and oxygen atoms in total. The predicted octanol–water partition coefficient (Wildman–Crippen LogP) is 1.82. The number of aliphatic hydroxyl groups excluding tert-OH is 1. The summed E-state index contributed by atoms with van der Waals surface area (Å²) in [5, 5.41) is 8.93. The maximum absolute atomic E-state index is 12.9. The summed E-state index contributed by atoms with van der Waals surface area (Å²) in [5.41, 5.74) is 0.760. The topological polar surface area (TPSA) is 23.5 Å². The van der Waals surface area contributed by atoms with Crippen LogP contribution in [-0.4, -0.2) is 36.2 Å². The van der Waals surface area contributed by atoms with Crippen molar-refractivity contribution in [3.8, 4) is 0 Å². The minimum absolute atomic E-state index is 0.0743. The van der Waals surface area contributed by atoms with Gasteiger partial charge in [0, 0.05) is 12.6 Å². The van der Waals surface area contributed by atoms with Crippen LogP contribution in [0.3, 0.4) is 0 Å². The normalized spacial score (nSPS) is 13.1. The minimum Gasteiger partial charge on any atom is -0.395 e. The first-order chi connectivity index (χ1) is 7.54. The van der Waals surface area contributed by atoms with Gasteiger partial charge in [0.25, 0.3) is 0 Å². The number of likely N-dealkylation sites (N-methyl/N-ethyl adjacent to an activating group) is 1. The number of benzene rings is 1. The molecule has 0 radical (unpaired) electrons. The van der Waals surface area contributed by atoms with Crippen molar-refractivity contribution in [3.63, 3.8) is 0 Å². The lowest BCUT2D eigenvalue weighted by atomic mass is 10.1. The van der Waals surface area contributed by atoms with Crippen molar-refractivity contribution < 1.29 is 13.9 Å². The molecule has 16 heavy (non-hydrogen) atoms. The van der Waals surface area contributed by atoms with Gasteiger partial charge in [0.1, 0.15) is 0 Å². The van der Waals surface area contributed by atoms with Gasteiger partial charge in [0.05, 0.1) is 6.61 Å². The van der Waals surface area contributed by atoms with Crippen molar-refractivity contribution >= 4 is 0 Å². The van der Waals surface area contributed by atoms with Crippen LogP contribution in [0.4, 0.5) is 8.78 Å². The molecule has 1 atom stereocenters. The molecule has 1 unspecified atom stereocenters. The highest BCUT2D eigenvalue weighted by atomic mass is 19.2. The molecule has 0 amide bonds. The van der Waals surface area contributed by atoms with E-state index in [0.717, 1.165) is 11.6 Å². The molecule has 0 aliphatic rings. The number of rotatable bonds is 5. The summed E-state index contributed by atoms with van der Waals surface area (Å²) in [7, 11) is 1.89. The van der Waals surface area contributed by atoms with E-state index in [-0.39, 0.29) is 12.6 Å². The van der Waals surface area contributed by atoms with E-state index in [2.05, 4.69) is 0 Å². The zero-order chi connectivity index (χ0) is 12.1. The summed E-state index contributed by atoms with van der Waals surface area (Å²) in [6, 6.07) is 4.01. The average Bonchev–Trinajstić information content (AvgIpc) is 2.29. The molecule has 0 saturated carbocycles. The van der Waals surface area contributed by atoms with Crippen LogP contribution in [0.5, 0.6) is 0 Å². The van der Waals surface area contributed by atoms with Gasteiger partial charge in [-0.05, 0) is 38.1 Å². The maximum atomic E-state index is 12.9. The number of halogens is 2. The van der Waals surface area contributed by atoms with Crippen molar-refractivity contribution in [2.75, 3.05) is 20.2 Å². The third-order valence-corrected chi connectivity index (χ3v) is 2.75. The van der Waals surface area contributed by atoms with E-state index >= 15 is 0 Å². The van der Waals surface area contributed by atoms with E-state index in [1.807, 2.05) is 18.9 Å². The van der Waals surface area contributed by atoms with Crippen molar-refractivity contribution in [2.24, 2.45) is 0 Å².